The van der Waals surface area contributed by atoms with Gasteiger partial charge >= 0.3 is 23.9 Å². The van der Waals surface area contributed by atoms with Gasteiger partial charge in [0.15, 0.2) is 0 Å². The molecule has 8 heteroatoms. The van der Waals surface area contributed by atoms with E-state index in [2.05, 4.69) is 31.6 Å². The molecule has 0 atom stereocenters. The van der Waals surface area contributed by atoms with Crippen LogP contribution in [0.4, 0.5) is 0 Å². The van der Waals surface area contributed by atoms with Crippen molar-refractivity contribution in [3.05, 3.63) is 109 Å². The topological polar surface area (TPSA) is 105 Å². The smallest absolute Gasteiger partial charge is 0.338 e. The van der Waals surface area contributed by atoms with Crippen LogP contribution >= 0.6 is 0 Å². The van der Waals surface area contributed by atoms with E-state index in [0.717, 1.165) is 6.08 Å². The summed E-state index contributed by atoms with van der Waals surface area (Å²) < 4.78 is 21.4. The van der Waals surface area contributed by atoms with Gasteiger partial charge in [-0.25, -0.2) is 14.4 Å². The van der Waals surface area contributed by atoms with E-state index in [1.165, 1.54) is 45.0 Å². The van der Waals surface area contributed by atoms with Crippen LogP contribution < -0.4 is 18.9 Å². The third-order valence-corrected chi connectivity index (χ3v) is 5.16. The zero-order valence-corrected chi connectivity index (χ0v) is 22.7. The molecule has 41 heavy (non-hydrogen) atoms. The van der Waals surface area contributed by atoms with Crippen LogP contribution in [-0.4, -0.2) is 23.9 Å². The van der Waals surface area contributed by atoms with Gasteiger partial charge in [-0.1, -0.05) is 43.7 Å². The lowest BCUT2D eigenvalue weighted by Crippen LogP contribution is -2.12. The summed E-state index contributed by atoms with van der Waals surface area (Å²) in [6.07, 6.45) is 1.03. The first kappa shape index (κ1) is 29.9. The molecule has 0 saturated heterocycles. The Morgan fingerprint density at radius 2 is 1.12 bits per heavy atom. The number of hydrogen-bond donors (Lipinski definition) is 0. The number of benzene rings is 3. The molecule has 206 valence electrons. The lowest BCUT2D eigenvalue weighted by atomic mass is 10.0. The molecule has 0 N–H and O–H groups in total. The maximum absolute atomic E-state index is 12.6. The van der Waals surface area contributed by atoms with Gasteiger partial charge in [0.2, 0.25) is 0 Å². The molecular weight excluding hydrogens is 524 g/mol. The monoisotopic (exact) mass is 550 g/mol. The van der Waals surface area contributed by atoms with Crippen molar-refractivity contribution in [3.63, 3.8) is 0 Å². The van der Waals surface area contributed by atoms with Gasteiger partial charge in [-0.05, 0) is 67.9 Å². The summed E-state index contributed by atoms with van der Waals surface area (Å²) in [5.41, 5.74) is 2.02. The Morgan fingerprint density at radius 1 is 0.659 bits per heavy atom. The molecule has 3 rings (SSSR count). The van der Waals surface area contributed by atoms with Crippen LogP contribution in [0.5, 0.6) is 23.0 Å². The Bertz CT molecular complexity index is 1570. The fourth-order valence-corrected chi connectivity index (χ4v) is 3.25. The van der Waals surface area contributed by atoms with E-state index in [-0.39, 0.29) is 34.0 Å². The lowest BCUT2D eigenvalue weighted by molar-refractivity contribution is -0.132. The van der Waals surface area contributed by atoms with Crippen LogP contribution in [0, 0.1) is 11.8 Å². The zero-order chi connectivity index (χ0) is 30.1. The minimum absolute atomic E-state index is 0.0513. The highest BCUT2D eigenvalue weighted by molar-refractivity contribution is 5.93. The van der Waals surface area contributed by atoms with Gasteiger partial charge in [0.05, 0.1) is 5.56 Å². The molecule has 0 fully saturated rings. The Kier molecular flexibility index (Phi) is 9.76. The molecule has 0 spiro atoms. The van der Waals surface area contributed by atoms with Crippen molar-refractivity contribution in [2.45, 2.75) is 20.8 Å². The predicted molar refractivity (Wildman–Crippen MR) is 152 cm³/mol. The quantitative estimate of drug-likeness (QED) is 0.152. The first-order valence-electron chi connectivity index (χ1n) is 12.2. The molecule has 8 nitrogen and oxygen atoms in total. The van der Waals surface area contributed by atoms with Crippen molar-refractivity contribution >= 4 is 23.9 Å². The molecule has 0 heterocycles. The molecular formula is C33H26O8. The van der Waals surface area contributed by atoms with Gasteiger partial charge < -0.3 is 18.9 Å². The van der Waals surface area contributed by atoms with Crippen LogP contribution in [0.1, 0.15) is 31.9 Å². The summed E-state index contributed by atoms with van der Waals surface area (Å²) in [5.74, 6) is 4.20. The van der Waals surface area contributed by atoms with E-state index >= 15 is 0 Å². The summed E-state index contributed by atoms with van der Waals surface area (Å²) in [7, 11) is 0. The lowest BCUT2D eigenvalue weighted by Gasteiger charge is -2.16. The average molecular weight is 551 g/mol. The van der Waals surface area contributed by atoms with Gasteiger partial charge in [0, 0.05) is 35.3 Å². The predicted octanol–water partition coefficient (Wildman–Crippen LogP) is 5.73. The highest BCUT2D eigenvalue weighted by atomic mass is 16.6. The molecule has 0 radical (unpaired) electrons. The molecule has 0 aromatic heterocycles. The summed E-state index contributed by atoms with van der Waals surface area (Å²) in [6.45, 7) is 14.9. The summed E-state index contributed by atoms with van der Waals surface area (Å²) in [6, 6.07) is 15.9. The van der Waals surface area contributed by atoms with Crippen LogP contribution in [-0.2, 0) is 19.2 Å². The van der Waals surface area contributed by atoms with Gasteiger partial charge in [-0.15, -0.1) is 0 Å². The molecule has 0 bridgehead atoms. The summed E-state index contributed by atoms with van der Waals surface area (Å²) in [5, 5.41) is 0. The molecule has 0 aliphatic rings. The fraction of sp³-hybridized carbons (Fsp3) is 0.0909. The number of carbonyl (C=O) groups is 4. The normalized spacial score (nSPS) is 9.83. The van der Waals surface area contributed by atoms with E-state index in [1.54, 1.807) is 36.4 Å². The largest absolute Gasteiger partial charge is 0.427 e. The van der Waals surface area contributed by atoms with E-state index < -0.39 is 23.9 Å². The molecule has 0 saturated carbocycles. The van der Waals surface area contributed by atoms with Crippen LogP contribution in [0.2, 0.25) is 0 Å². The summed E-state index contributed by atoms with van der Waals surface area (Å²) in [4.78, 5) is 47.9. The van der Waals surface area contributed by atoms with Gasteiger partial charge in [0.25, 0.3) is 0 Å². The fourth-order valence-electron chi connectivity index (χ4n) is 3.25. The van der Waals surface area contributed by atoms with Crippen LogP contribution in [0.25, 0.3) is 11.1 Å². The van der Waals surface area contributed by atoms with Crippen molar-refractivity contribution < 1.29 is 38.1 Å². The molecule has 0 unspecified atom stereocenters. The standard InChI is InChI=1S/C33H26O8/c1-7-30(35)39-27-16-12-25(13-17-27)31-28(40-32(36)20(2)3)18-24(19-29(31)41-33(37)21(4)5)9-8-23-10-14-26(15-11-23)38-22(6)34/h7,10-19H,1-2,4H2,3,5-6H3. The summed E-state index contributed by atoms with van der Waals surface area (Å²) >= 11 is 0. The van der Waals surface area contributed by atoms with Gasteiger partial charge in [-0.3, -0.25) is 4.79 Å². The minimum atomic E-state index is -0.703. The van der Waals surface area contributed by atoms with Crippen molar-refractivity contribution in [1.82, 2.24) is 0 Å². The van der Waals surface area contributed by atoms with Gasteiger partial charge in [-0.2, -0.15) is 0 Å². The van der Waals surface area contributed by atoms with Crippen molar-refractivity contribution in [2.75, 3.05) is 0 Å². The third-order valence-electron chi connectivity index (χ3n) is 5.16. The molecule has 0 aliphatic heterocycles. The van der Waals surface area contributed by atoms with Crippen molar-refractivity contribution in [3.8, 4) is 46.0 Å². The van der Waals surface area contributed by atoms with Crippen LogP contribution in [0.3, 0.4) is 0 Å². The second kappa shape index (κ2) is 13.4. The van der Waals surface area contributed by atoms with E-state index in [1.807, 2.05) is 0 Å². The maximum atomic E-state index is 12.6. The number of ether oxygens (including phenoxy) is 4. The second-order valence-corrected chi connectivity index (χ2v) is 8.70. The van der Waals surface area contributed by atoms with Crippen molar-refractivity contribution in [1.29, 1.82) is 0 Å². The maximum Gasteiger partial charge on any atom is 0.338 e. The SMILES string of the molecule is C=CC(=O)Oc1ccc(-c2c(OC(=O)C(=C)C)cc(C#Cc3ccc(OC(C)=O)cc3)cc2OC(=O)C(=C)C)cc1. The van der Waals surface area contributed by atoms with E-state index in [0.29, 0.717) is 22.4 Å². The Morgan fingerprint density at radius 3 is 1.59 bits per heavy atom. The number of carbonyl (C=O) groups excluding carboxylic acids is 4. The van der Waals surface area contributed by atoms with E-state index in [4.69, 9.17) is 18.9 Å². The minimum Gasteiger partial charge on any atom is -0.427 e. The zero-order valence-electron chi connectivity index (χ0n) is 22.7. The Hall–Kier alpha value is -5.68. The molecule has 3 aromatic rings. The first-order valence-corrected chi connectivity index (χ1v) is 12.2. The van der Waals surface area contributed by atoms with E-state index in [9.17, 15) is 19.2 Å². The van der Waals surface area contributed by atoms with Crippen molar-refractivity contribution in [2.24, 2.45) is 0 Å². The molecule has 0 amide bonds. The van der Waals surface area contributed by atoms with Crippen LogP contribution in [0.15, 0.2) is 97.6 Å². The number of hydrogen-bond acceptors (Lipinski definition) is 8. The van der Waals surface area contributed by atoms with Gasteiger partial charge in [0.1, 0.15) is 23.0 Å². The highest BCUT2D eigenvalue weighted by Crippen LogP contribution is 2.41. The average Bonchev–Trinajstić information content (AvgIpc) is 2.92. The Balaban J connectivity index is 2.15. The highest BCUT2D eigenvalue weighted by Gasteiger charge is 2.21. The Labute approximate surface area is 237 Å². The first-order chi connectivity index (χ1) is 19.5. The third kappa shape index (κ3) is 8.40. The molecule has 0 aliphatic carbocycles. The second-order valence-electron chi connectivity index (χ2n) is 8.70. The number of esters is 4. The number of rotatable bonds is 8. The molecule has 3 aromatic carbocycles.